The number of carbonyl (C=O) groups excluding carboxylic acids is 2. The minimum atomic E-state index is -0.471. The van der Waals surface area contributed by atoms with E-state index in [4.69, 9.17) is 4.74 Å². The number of benzene rings is 2. The Balaban J connectivity index is 1.69. The second-order valence-electron chi connectivity index (χ2n) is 4.90. The predicted octanol–water partition coefficient (Wildman–Crippen LogP) is 3.57. The number of fused-ring (bicyclic) bond motifs is 1. The molecule has 0 saturated carbocycles. The van der Waals surface area contributed by atoms with Crippen molar-refractivity contribution in [2.45, 2.75) is 12.5 Å². The van der Waals surface area contributed by atoms with Gasteiger partial charge in [0.1, 0.15) is 6.10 Å². The Morgan fingerprint density at radius 2 is 1.76 bits per heavy atom. The zero-order valence-corrected chi connectivity index (χ0v) is 11.4. The maximum Gasteiger partial charge on any atom is 0.339 e. The lowest BCUT2D eigenvalue weighted by Gasteiger charge is -2.07. The second-order valence-corrected chi connectivity index (χ2v) is 4.90. The number of allylic oxidation sites excluding steroid dienone is 1. The number of cyclic esters (lactones) is 1. The third-order valence-electron chi connectivity index (χ3n) is 3.42. The molecule has 0 fully saturated rings. The van der Waals surface area contributed by atoms with E-state index in [9.17, 15) is 9.59 Å². The van der Waals surface area contributed by atoms with Crippen LogP contribution >= 0.6 is 0 Å². The van der Waals surface area contributed by atoms with Gasteiger partial charge in [-0.25, -0.2) is 4.79 Å². The summed E-state index contributed by atoms with van der Waals surface area (Å²) >= 11 is 0. The van der Waals surface area contributed by atoms with Crippen LogP contribution in [0.15, 0.2) is 60.7 Å². The van der Waals surface area contributed by atoms with E-state index in [0.717, 1.165) is 11.1 Å². The molecule has 0 saturated heterocycles. The van der Waals surface area contributed by atoms with Gasteiger partial charge in [-0.1, -0.05) is 54.6 Å². The normalized spacial score (nSPS) is 16.8. The fourth-order valence-electron chi connectivity index (χ4n) is 2.38. The lowest BCUT2D eigenvalue weighted by Crippen LogP contribution is -2.04. The van der Waals surface area contributed by atoms with E-state index in [1.807, 2.05) is 42.5 Å². The summed E-state index contributed by atoms with van der Waals surface area (Å²) in [6.45, 7) is 0. The Bertz CT molecular complexity index is 701. The van der Waals surface area contributed by atoms with E-state index >= 15 is 0 Å². The average Bonchev–Trinajstić information content (AvgIpc) is 2.83. The van der Waals surface area contributed by atoms with Crippen LogP contribution in [0.3, 0.4) is 0 Å². The molecule has 2 aromatic rings. The molecule has 3 rings (SSSR count). The Kier molecular flexibility index (Phi) is 3.65. The molecule has 104 valence electrons. The van der Waals surface area contributed by atoms with Gasteiger partial charge in [0.2, 0.25) is 0 Å². The van der Waals surface area contributed by atoms with Gasteiger partial charge in [0, 0.05) is 5.56 Å². The van der Waals surface area contributed by atoms with E-state index in [1.165, 1.54) is 6.08 Å². The number of ketones is 1. The van der Waals surface area contributed by atoms with Gasteiger partial charge in [-0.05, 0) is 17.7 Å². The van der Waals surface area contributed by atoms with Crippen LogP contribution in [0.25, 0.3) is 6.08 Å². The second kappa shape index (κ2) is 5.75. The lowest BCUT2D eigenvalue weighted by atomic mass is 10.0. The summed E-state index contributed by atoms with van der Waals surface area (Å²) < 4.78 is 5.26. The topological polar surface area (TPSA) is 43.4 Å². The summed E-state index contributed by atoms with van der Waals surface area (Å²) in [4.78, 5) is 23.7. The third kappa shape index (κ3) is 2.92. The van der Waals surface area contributed by atoms with Crippen LogP contribution in [0, 0.1) is 0 Å². The molecule has 21 heavy (non-hydrogen) atoms. The van der Waals surface area contributed by atoms with Crippen LogP contribution in [-0.2, 0) is 9.53 Å². The number of hydrogen-bond donors (Lipinski definition) is 0. The van der Waals surface area contributed by atoms with Crippen LogP contribution in [0.1, 0.15) is 34.0 Å². The summed E-state index contributed by atoms with van der Waals surface area (Å²) in [6, 6.07) is 16.8. The first-order valence-electron chi connectivity index (χ1n) is 6.80. The molecule has 2 aromatic carbocycles. The van der Waals surface area contributed by atoms with Crippen molar-refractivity contribution in [3.05, 3.63) is 77.4 Å². The molecule has 0 amide bonds. The number of rotatable bonds is 4. The largest absolute Gasteiger partial charge is 0.453 e. The number of hydrogen-bond acceptors (Lipinski definition) is 3. The smallest absolute Gasteiger partial charge is 0.339 e. The zero-order valence-electron chi connectivity index (χ0n) is 11.4. The maximum absolute atomic E-state index is 12.0. The zero-order chi connectivity index (χ0) is 14.7. The quantitative estimate of drug-likeness (QED) is 0.634. The van der Waals surface area contributed by atoms with Crippen molar-refractivity contribution in [3.63, 3.8) is 0 Å². The minimum Gasteiger partial charge on any atom is -0.453 e. The van der Waals surface area contributed by atoms with Crippen molar-refractivity contribution in [2.24, 2.45) is 0 Å². The minimum absolute atomic E-state index is 0.0617. The molecule has 0 radical (unpaired) electrons. The first-order valence-corrected chi connectivity index (χ1v) is 6.80. The van der Waals surface area contributed by atoms with Gasteiger partial charge in [0.15, 0.2) is 5.78 Å². The molecule has 3 nitrogen and oxygen atoms in total. The van der Waals surface area contributed by atoms with Crippen LogP contribution in [-0.4, -0.2) is 11.8 Å². The molecule has 1 heterocycles. The molecule has 1 aliphatic heterocycles. The Morgan fingerprint density at radius 3 is 2.57 bits per heavy atom. The predicted molar refractivity (Wildman–Crippen MR) is 79.7 cm³/mol. The Labute approximate surface area is 122 Å². The first kappa shape index (κ1) is 13.3. The highest BCUT2D eigenvalue weighted by atomic mass is 16.5. The molecular formula is C18H14O3. The van der Waals surface area contributed by atoms with E-state index in [1.54, 1.807) is 18.2 Å². The van der Waals surface area contributed by atoms with Crippen molar-refractivity contribution in [2.75, 3.05) is 0 Å². The summed E-state index contributed by atoms with van der Waals surface area (Å²) in [5, 5.41) is 0. The van der Waals surface area contributed by atoms with Gasteiger partial charge in [0.05, 0.1) is 12.0 Å². The van der Waals surface area contributed by atoms with Crippen molar-refractivity contribution >= 4 is 17.8 Å². The fourth-order valence-corrected chi connectivity index (χ4v) is 2.38. The van der Waals surface area contributed by atoms with E-state index < -0.39 is 6.10 Å². The van der Waals surface area contributed by atoms with Gasteiger partial charge in [-0.15, -0.1) is 0 Å². The van der Waals surface area contributed by atoms with E-state index in [2.05, 4.69) is 0 Å². The van der Waals surface area contributed by atoms with Gasteiger partial charge < -0.3 is 4.74 Å². The van der Waals surface area contributed by atoms with Crippen LogP contribution < -0.4 is 0 Å². The van der Waals surface area contributed by atoms with E-state index in [-0.39, 0.29) is 18.2 Å². The molecule has 0 spiro atoms. The third-order valence-corrected chi connectivity index (χ3v) is 3.42. The number of carbonyl (C=O) groups is 2. The maximum atomic E-state index is 12.0. The van der Waals surface area contributed by atoms with Crippen molar-refractivity contribution in [1.82, 2.24) is 0 Å². The van der Waals surface area contributed by atoms with Crippen LogP contribution in [0.2, 0.25) is 0 Å². The standard InChI is InChI=1S/C18H14O3/c19-14(11-10-13-6-2-1-3-7-13)12-17-15-8-4-5-9-16(15)18(20)21-17/h1-11,17H,12H2/b11-10-/t17-/m1/s1. The van der Waals surface area contributed by atoms with Crippen molar-refractivity contribution in [1.29, 1.82) is 0 Å². The fraction of sp³-hybridized carbons (Fsp3) is 0.111. The highest BCUT2D eigenvalue weighted by Crippen LogP contribution is 2.32. The molecule has 1 aliphatic rings. The highest BCUT2D eigenvalue weighted by Gasteiger charge is 2.31. The summed E-state index contributed by atoms with van der Waals surface area (Å²) in [5.74, 6) is -0.413. The highest BCUT2D eigenvalue weighted by molar-refractivity contribution is 5.97. The summed E-state index contributed by atoms with van der Waals surface area (Å²) in [7, 11) is 0. The molecule has 0 unspecified atom stereocenters. The average molecular weight is 278 g/mol. The van der Waals surface area contributed by atoms with Gasteiger partial charge in [-0.3, -0.25) is 4.79 Å². The molecule has 1 atom stereocenters. The lowest BCUT2D eigenvalue weighted by molar-refractivity contribution is -0.116. The molecular weight excluding hydrogens is 264 g/mol. The summed E-state index contributed by atoms with van der Waals surface area (Å²) in [6.07, 6.45) is 3.00. The first-order chi connectivity index (χ1) is 10.2. The number of esters is 1. The molecule has 0 bridgehead atoms. The Hall–Kier alpha value is -2.68. The summed E-state index contributed by atoms with van der Waals surface area (Å²) in [5.41, 5.74) is 2.32. The van der Waals surface area contributed by atoms with Gasteiger partial charge in [0.25, 0.3) is 0 Å². The number of ether oxygens (including phenoxy) is 1. The van der Waals surface area contributed by atoms with Crippen molar-refractivity contribution < 1.29 is 14.3 Å². The molecule has 3 heteroatoms. The van der Waals surface area contributed by atoms with E-state index in [0.29, 0.717) is 5.56 Å². The SMILES string of the molecule is O=C(/C=C\c1ccccc1)C[C@H]1OC(=O)c2ccccc21. The van der Waals surface area contributed by atoms with Crippen LogP contribution in [0.4, 0.5) is 0 Å². The molecule has 0 N–H and O–H groups in total. The molecule has 0 aromatic heterocycles. The van der Waals surface area contributed by atoms with Crippen LogP contribution in [0.5, 0.6) is 0 Å². The monoisotopic (exact) mass is 278 g/mol. The van der Waals surface area contributed by atoms with Gasteiger partial charge >= 0.3 is 5.97 Å². The molecule has 0 aliphatic carbocycles. The van der Waals surface area contributed by atoms with Crippen molar-refractivity contribution in [3.8, 4) is 0 Å². The van der Waals surface area contributed by atoms with Gasteiger partial charge in [-0.2, -0.15) is 0 Å². The Morgan fingerprint density at radius 1 is 1.05 bits per heavy atom.